The van der Waals surface area contributed by atoms with E-state index in [1.165, 1.54) is 11.8 Å². The number of carbonyl (C=O) groups is 2. The summed E-state index contributed by atoms with van der Waals surface area (Å²) in [6, 6.07) is 7.97. The number of amides is 1. The van der Waals surface area contributed by atoms with Crippen LogP contribution in [0.3, 0.4) is 0 Å². The number of allylic oxidation sites excluding steroid dienone is 1. The van der Waals surface area contributed by atoms with Crippen molar-refractivity contribution in [2.45, 2.75) is 45.2 Å². The lowest BCUT2D eigenvalue weighted by Gasteiger charge is -2.36. The van der Waals surface area contributed by atoms with Gasteiger partial charge in [-0.15, -0.1) is 0 Å². The first-order valence-corrected chi connectivity index (χ1v) is 10.9. The maximum atomic E-state index is 13.0. The predicted molar refractivity (Wildman–Crippen MR) is 119 cm³/mol. The van der Waals surface area contributed by atoms with Crippen molar-refractivity contribution in [2.24, 2.45) is 4.99 Å². The van der Waals surface area contributed by atoms with Gasteiger partial charge < -0.3 is 15.0 Å². The quantitative estimate of drug-likeness (QED) is 0.531. The van der Waals surface area contributed by atoms with E-state index in [1.54, 1.807) is 6.08 Å². The molecule has 30 heavy (non-hydrogen) atoms. The maximum Gasteiger partial charge on any atom is 0.338 e. The lowest BCUT2D eigenvalue weighted by molar-refractivity contribution is -0.138. The van der Waals surface area contributed by atoms with E-state index in [-0.39, 0.29) is 18.9 Å². The molecule has 1 atom stereocenters. The second-order valence-corrected chi connectivity index (χ2v) is 8.55. The Hall–Kier alpha value is -2.80. The van der Waals surface area contributed by atoms with Crippen molar-refractivity contribution in [3.05, 3.63) is 70.4 Å². The molecule has 6 nitrogen and oxygen atoms in total. The average Bonchev–Trinajstić information content (AvgIpc) is 3.44. The number of rotatable bonds is 7. The van der Waals surface area contributed by atoms with Gasteiger partial charge in [0, 0.05) is 11.7 Å². The van der Waals surface area contributed by atoms with E-state index in [0.717, 1.165) is 34.8 Å². The molecule has 7 heteroatoms. The van der Waals surface area contributed by atoms with Gasteiger partial charge in [-0.25, -0.2) is 9.79 Å². The third-order valence-electron chi connectivity index (χ3n) is 5.19. The van der Waals surface area contributed by atoms with Crippen LogP contribution in [0.25, 0.3) is 0 Å². The number of hydrogen-bond donors (Lipinski definition) is 1. The van der Waals surface area contributed by atoms with Crippen molar-refractivity contribution in [1.82, 2.24) is 10.2 Å². The SMILES string of the molecule is C=CCOC(=O)C1=C(C)N=C2SC=C(CC(=O)NC3CC3)N2[C@@H]1c1cccc(C)c1. The summed E-state index contributed by atoms with van der Waals surface area (Å²) < 4.78 is 5.39. The summed E-state index contributed by atoms with van der Waals surface area (Å²) >= 11 is 1.48. The van der Waals surface area contributed by atoms with Gasteiger partial charge >= 0.3 is 5.97 Å². The van der Waals surface area contributed by atoms with E-state index < -0.39 is 12.0 Å². The Morgan fingerprint density at radius 2 is 2.17 bits per heavy atom. The molecule has 1 aromatic carbocycles. The number of esters is 1. The number of amidine groups is 1. The molecule has 2 aliphatic heterocycles. The van der Waals surface area contributed by atoms with Gasteiger partial charge in [0.2, 0.25) is 5.91 Å². The zero-order valence-corrected chi connectivity index (χ0v) is 18.0. The molecule has 0 saturated heterocycles. The number of nitrogens with one attached hydrogen (secondary N) is 1. The summed E-state index contributed by atoms with van der Waals surface area (Å²) in [6.45, 7) is 7.61. The highest BCUT2D eigenvalue weighted by Gasteiger charge is 2.41. The van der Waals surface area contributed by atoms with Crippen LogP contribution in [-0.4, -0.2) is 34.6 Å². The second kappa shape index (κ2) is 8.52. The van der Waals surface area contributed by atoms with Crippen molar-refractivity contribution in [3.8, 4) is 0 Å². The Balaban J connectivity index is 1.71. The first-order chi connectivity index (χ1) is 14.5. The van der Waals surface area contributed by atoms with Gasteiger partial charge in [-0.3, -0.25) is 4.79 Å². The van der Waals surface area contributed by atoms with Gasteiger partial charge in [0.1, 0.15) is 6.61 Å². The summed E-state index contributed by atoms with van der Waals surface area (Å²) in [4.78, 5) is 32.1. The third kappa shape index (κ3) is 4.21. The Morgan fingerprint density at radius 1 is 1.37 bits per heavy atom. The minimum Gasteiger partial charge on any atom is -0.458 e. The summed E-state index contributed by atoms with van der Waals surface area (Å²) in [5.41, 5.74) is 4.01. The zero-order chi connectivity index (χ0) is 21.3. The summed E-state index contributed by atoms with van der Waals surface area (Å²) in [5.74, 6) is -0.420. The fourth-order valence-electron chi connectivity index (χ4n) is 3.67. The number of aryl methyl sites for hydroxylation is 1. The Labute approximate surface area is 180 Å². The molecule has 0 bridgehead atoms. The third-order valence-corrected chi connectivity index (χ3v) is 6.08. The van der Waals surface area contributed by atoms with E-state index in [1.807, 2.05) is 42.4 Å². The van der Waals surface area contributed by atoms with Crippen LogP contribution < -0.4 is 5.32 Å². The van der Waals surface area contributed by atoms with E-state index in [0.29, 0.717) is 17.3 Å². The molecule has 1 aliphatic carbocycles. The molecule has 0 unspecified atom stereocenters. The Kier molecular flexibility index (Phi) is 5.81. The molecule has 1 amide bonds. The molecule has 0 spiro atoms. The van der Waals surface area contributed by atoms with Crippen LogP contribution in [0.4, 0.5) is 0 Å². The minimum atomic E-state index is -0.416. The van der Waals surface area contributed by atoms with Crippen LogP contribution in [0.5, 0.6) is 0 Å². The van der Waals surface area contributed by atoms with Gasteiger partial charge in [0.05, 0.1) is 23.7 Å². The van der Waals surface area contributed by atoms with E-state index in [4.69, 9.17) is 4.74 Å². The fraction of sp³-hybridized carbons (Fsp3) is 0.348. The fourth-order valence-corrected chi connectivity index (χ4v) is 4.63. The average molecular weight is 424 g/mol. The molecule has 3 aliphatic rings. The molecule has 1 aromatic rings. The smallest absolute Gasteiger partial charge is 0.338 e. The lowest BCUT2D eigenvalue weighted by Crippen LogP contribution is -2.38. The summed E-state index contributed by atoms with van der Waals surface area (Å²) in [5, 5.41) is 5.77. The first kappa shape index (κ1) is 20.5. The van der Waals surface area contributed by atoms with Crippen molar-refractivity contribution in [2.75, 3.05) is 6.61 Å². The van der Waals surface area contributed by atoms with E-state index in [9.17, 15) is 9.59 Å². The van der Waals surface area contributed by atoms with Crippen molar-refractivity contribution < 1.29 is 14.3 Å². The summed E-state index contributed by atoms with van der Waals surface area (Å²) in [7, 11) is 0. The number of benzene rings is 1. The predicted octanol–water partition coefficient (Wildman–Crippen LogP) is 3.97. The number of nitrogens with zero attached hydrogens (tertiary/aromatic N) is 2. The molecule has 1 fully saturated rings. The number of thioether (sulfide) groups is 1. The molecule has 2 heterocycles. The number of aliphatic imine (C=N–C) groups is 1. The molecule has 0 radical (unpaired) electrons. The number of ether oxygens (including phenoxy) is 1. The van der Waals surface area contributed by atoms with Gasteiger partial charge in [-0.1, -0.05) is 54.2 Å². The van der Waals surface area contributed by atoms with Gasteiger partial charge in [-0.05, 0) is 37.7 Å². The monoisotopic (exact) mass is 423 g/mol. The molecule has 1 N–H and O–H groups in total. The normalized spacial score (nSPS) is 20.3. The maximum absolute atomic E-state index is 13.0. The van der Waals surface area contributed by atoms with Gasteiger partial charge in [-0.2, -0.15) is 0 Å². The molecule has 4 rings (SSSR count). The van der Waals surface area contributed by atoms with Crippen molar-refractivity contribution in [3.63, 3.8) is 0 Å². The minimum absolute atomic E-state index is 0.00403. The molecule has 156 valence electrons. The second-order valence-electron chi connectivity index (χ2n) is 7.71. The zero-order valence-electron chi connectivity index (χ0n) is 17.2. The molecule has 1 saturated carbocycles. The largest absolute Gasteiger partial charge is 0.458 e. The van der Waals surface area contributed by atoms with Crippen LogP contribution in [0.1, 0.15) is 43.4 Å². The Bertz CT molecular complexity index is 991. The highest BCUT2D eigenvalue weighted by molar-refractivity contribution is 8.16. The first-order valence-electron chi connectivity index (χ1n) is 10.1. The summed E-state index contributed by atoms with van der Waals surface area (Å²) in [6.07, 6.45) is 3.89. The van der Waals surface area contributed by atoms with Crippen LogP contribution >= 0.6 is 11.8 Å². The number of hydrogen-bond acceptors (Lipinski definition) is 6. The van der Waals surface area contributed by atoms with Crippen molar-refractivity contribution >= 4 is 28.8 Å². The molecular weight excluding hydrogens is 398 g/mol. The van der Waals surface area contributed by atoms with Crippen LogP contribution in [0.2, 0.25) is 0 Å². The lowest BCUT2D eigenvalue weighted by atomic mass is 9.93. The highest BCUT2D eigenvalue weighted by Crippen LogP contribution is 2.45. The van der Waals surface area contributed by atoms with Crippen LogP contribution in [-0.2, 0) is 14.3 Å². The van der Waals surface area contributed by atoms with Crippen molar-refractivity contribution in [1.29, 1.82) is 0 Å². The van der Waals surface area contributed by atoms with E-state index in [2.05, 4.69) is 23.0 Å². The number of carbonyl (C=O) groups excluding carboxylic acids is 2. The Morgan fingerprint density at radius 3 is 2.87 bits per heavy atom. The van der Waals surface area contributed by atoms with Gasteiger partial charge in [0.15, 0.2) is 5.17 Å². The van der Waals surface area contributed by atoms with Crippen LogP contribution in [0.15, 0.2) is 64.3 Å². The van der Waals surface area contributed by atoms with E-state index >= 15 is 0 Å². The molecular formula is C23H25N3O3S. The standard InChI is InChI=1S/C23H25N3O3S/c1-4-10-29-22(28)20-15(3)24-23-26(21(20)16-7-5-6-14(2)11-16)18(13-30-23)12-19(27)25-17-8-9-17/h4-7,11,13,17,21H,1,8-10,12H2,2-3H3,(H,25,27)/t21-/m1/s1. The van der Waals surface area contributed by atoms with Crippen LogP contribution in [0, 0.1) is 6.92 Å². The topological polar surface area (TPSA) is 71.0 Å². The molecule has 0 aromatic heterocycles. The van der Waals surface area contributed by atoms with Gasteiger partial charge in [0.25, 0.3) is 0 Å². The highest BCUT2D eigenvalue weighted by atomic mass is 32.2. The number of fused-ring (bicyclic) bond motifs is 1.